The first-order valence-corrected chi connectivity index (χ1v) is 15.4. The van der Waals surface area contributed by atoms with E-state index in [-0.39, 0.29) is 11.5 Å². The van der Waals surface area contributed by atoms with Gasteiger partial charge in [-0.05, 0) is 116 Å². The number of rotatable bonds is 6. The van der Waals surface area contributed by atoms with E-state index in [9.17, 15) is 5.11 Å². The third-order valence-electron chi connectivity index (χ3n) is 13.0. The van der Waals surface area contributed by atoms with Gasteiger partial charge in [0.25, 0.3) is 0 Å². The van der Waals surface area contributed by atoms with Crippen LogP contribution in [0.25, 0.3) is 0 Å². The Bertz CT molecular complexity index is 812. The maximum Gasteiger partial charge on any atom is 0.0594 e. The van der Waals surface area contributed by atoms with E-state index in [1.165, 1.54) is 90.1 Å². The van der Waals surface area contributed by atoms with E-state index in [4.69, 9.17) is 0 Å². The number of nitrogens with zero attached hydrogens (tertiary/aromatic N) is 1. The van der Waals surface area contributed by atoms with Crippen molar-refractivity contribution in [2.24, 2.45) is 39.4 Å². The summed E-state index contributed by atoms with van der Waals surface area (Å²) in [4.78, 5) is 0. The van der Waals surface area contributed by atoms with Gasteiger partial charge in [-0.25, -0.2) is 5.01 Å². The summed E-state index contributed by atoms with van der Waals surface area (Å²) >= 11 is 0. The SMILES string of the molecule is C[C@H](CCCNN1CCCCC1)[C@H]1CC[C@@]2(C)C3=C(CC[C@]12C)[C@@]1(C)CC[C@H](O)C(C)(C)[C@@H]1CC3. The number of hydrogen-bond donors (Lipinski definition) is 2. The van der Waals surface area contributed by atoms with Crippen LogP contribution in [0.2, 0.25) is 0 Å². The van der Waals surface area contributed by atoms with Gasteiger partial charge < -0.3 is 5.11 Å². The smallest absolute Gasteiger partial charge is 0.0594 e. The molecule has 7 atom stereocenters. The van der Waals surface area contributed by atoms with Crippen LogP contribution in [-0.4, -0.2) is 35.9 Å². The van der Waals surface area contributed by atoms with Crippen molar-refractivity contribution in [3.8, 4) is 0 Å². The van der Waals surface area contributed by atoms with Gasteiger partial charge in [-0.3, -0.25) is 5.43 Å². The topological polar surface area (TPSA) is 35.5 Å². The molecule has 3 heteroatoms. The van der Waals surface area contributed by atoms with Gasteiger partial charge in [-0.1, -0.05) is 59.1 Å². The van der Waals surface area contributed by atoms with Crippen LogP contribution in [-0.2, 0) is 0 Å². The van der Waals surface area contributed by atoms with Crippen LogP contribution < -0.4 is 5.43 Å². The molecule has 3 nitrogen and oxygen atoms in total. The van der Waals surface area contributed by atoms with Gasteiger partial charge in [0.2, 0.25) is 0 Å². The first-order valence-electron chi connectivity index (χ1n) is 15.4. The zero-order valence-corrected chi connectivity index (χ0v) is 24.0. The van der Waals surface area contributed by atoms with Crippen molar-refractivity contribution in [1.82, 2.24) is 10.4 Å². The van der Waals surface area contributed by atoms with Crippen molar-refractivity contribution in [1.29, 1.82) is 0 Å². The highest BCUT2D eigenvalue weighted by Gasteiger charge is 2.63. The summed E-state index contributed by atoms with van der Waals surface area (Å²) in [7, 11) is 0. The minimum atomic E-state index is -0.131. The first-order chi connectivity index (χ1) is 16.5. The summed E-state index contributed by atoms with van der Waals surface area (Å²) in [5.41, 5.74) is 8.67. The molecule has 0 bridgehead atoms. The van der Waals surface area contributed by atoms with Crippen molar-refractivity contribution in [3.05, 3.63) is 11.1 Å². The fraction of sp³-hybridized carbons (Fsp3) is 0.938. The minimum Gasteiger partial charge on any atom is -0.393 e. The van der Waals surface area contributed by atoms with E-state index in [1.54, 1.807) is 0 Å². The Morgan fingerprint density at radius 2 is 1.66 bits per heavy atom. The summed E-state index contributed by atoms with van der Waals surface area (Å²) in [6.45, 7) is 18.9. The average Bonchev–Trinajstić information content (AvgIpc) is 3.11. The summed E-state index contributed by atoms with van der Waals surface area (Å²) < 4.78 is 0. The summed E-state index contributed by atoms with van der Waals surface area (Å²) in [6.07, 6.45) is 17.0. The molecule has 1 aliphatic heterocycles. The maximum atomic E-state index is 10.9. The lowest BCUT2D eigenvalue weighted by atomic mass is 9.43. The van der Waals surface area contributed by atoms with E-state index in [2.05, 4.69) is 52.0 Å². The zero-order chi connectivity index (χ0) is 25.1. The second-order valence-corrected chi connectivity index (χ2v) is 14.8. The molecule has 0 aromatic heterocycles. The lowest BCUT2D eigenvalue weighted by molar-refractivity contribution is -0.0962. The van der Waals surface area contributed by atoms with Crippen LogP contribution in [0.15, 0.2) is 11.1 Å². The minimum absolute atomic E-state index is 0.0438. The Hall–Kier alpha value is -0.380. The van der Waals surface area contributed by atoms with Crippen LogP contribution in [0.4, 0.5) is 0 Å². The predicted octanol–water partition coefficient (Wildman–Crippen LogP) is 7.50. The average molecular weight is 485 g/mol. The van der Waals surface area contributed by atoms with Gasteiger partial charge in [-0.2, -0.15) is 0 Å². The molecule has 0 aromatic carbocycles. The standard InChI is InChI=1S/C32H56N2O/c1-23(11-10-20-33-34-21-8-7-9-22-34)24-14-18-32(6)26-12-13-27-29(2,3)28(35)16-17-30(27,4)25(26)15-19-31(24,32)5/h23-24,27-28,33,35H,7-22H2,1-6H3/t23-,24-,27+,28+,30-,31-,32+/m1/s1. The Kier molecular flexibility index (Phi) is 7.06. The van der Waals surface area contributed by atoms with Crippen LogP contribution >= 0.6 is 0 Å². The molecule has 1 saturated heterocycles. The quantitative estimate of drug-likeness (QED) is 0.302. The molecule has 0 amide bonds. The number of hydrazine groups is 1. The highest BCUT2D eigenvalue weighted by atomic mass is 16.3. The highest BCUT2D eigenvalue weighted by Crippen LogP contribution is 2.72. The van der Waals surface area contributed by atoms with Crippen molar-refractivity contribution in [2.45, 2.75) is 131 Å². The van der Waals surface area contributed by atoms with Crippen LogP contribution in [0, 0.1) is 39.4 Å². The maximum absolute atomic E-state index is 10.9. The first kappa shape index (κ1) is 26.2. The molecule has 35 heavy (non-hydrogen) atoms. The third kappa shape index (κ3) is 4.09. The second kappa shape index (κ2) is 9.42. The lowest BCUT2D eigenvalue weighted by Crippen LogP contribution is -2.55. The fourth-order valence-electron chi connectivity index (χ4n) is 10.5. The molecule has 2 N–H and O–H groups in total. The molecule has 2 saturated carbocycles. The Balaban J connectivity index is 1.29. The molecular weight excluding hydrogens is 428 g/mol. The second-order valence-electron chi connectivity index (χ2n) is 14.8. The van der Waals surface area contributed by atoms with Gasteiger partial charge in [-0.15, -0.1) is 0 Å². The molecule has 0 radical (unpaired) electrons. The van der Waals surface area contributed by atoms with Gasteiger partial charge >= 0.3 is 0 Å². The predicted molar refractivity (Wildman–Crippen MR) is 147 cm³/mol. The number of allylic oxidation sites excluding steroid dienone is 2. The number of nitrogens with one attached hydrogen (secondary N) is 1. The van der Waals surface area contributed by atoms with Gasteiger partial charge in [0, 0.05) is 19.6 Å². The van der Waals surface area contributed by atoms with Crippen LogP contribution in [0.1, 0.15) is 125 Å². The highest BCUT2D eigenvalue weighted by molar-refractivity contribution is 5.38. The molecule has 5 aliphatic rings. The molecule has 0 unspecified atom stereocenters. The van der Waals surface area contributed by atoms with Crippen molar-refractivity contribution < 1.29 is 5.11 Å². The van der Waals surface area contributed by atoms with Crippen molar-refractivity contribution in [3.63, 3.8) is 0 Å². The molecule has 5 rings (SSSR count). The summed E-state index contributed by atoms with van der Waals surface area (Å²) in [6, 6.07) is 0. The van der Waals surface area contributed by atoms with Crippen molar-refractivity contribution >= 4 is 0 Å². The Morgan fingerprint density at radius 1 is 0.914 bits per heavy atom. The van der Waals surface area contributed by atoms with Crippen molar-refractivity contribution in [2.75, 3.05) is 19.6 Å². The van der Waals surface area contributed by atoms with Crippen LogP contribution in [0.3, 0.4) is 0 Å². The molecule has 0 spiro atoms. The summed E-state index contributed by atoms with van der Waals surface area (Å²) in [5, 5.41) is 13.3. The number of fused-ring (bicyclic) bond motifs is 4. The molecule has 0 aromatic rings. The van der Waals surface area contributed by atoms with Gasteiger partial charge in [0.1, 0.15) is 0 Å². The van der Waals surface area contributed by atoms with E-state index in [0.29, 0.717) is 22.2 Å². The Morgan fingerprint density at radius 3 is 2.40 bits per heavy atom. The normalized spacial score (nSPS) is 44.5. The summed E-state index contributed by atoms with van der Waals surface area (Å²) in [5.74, 6) is 2.32. The van der Waals surface area contributed by atoms with E-state index in [0.717, 1.165) is 24.8 Å². The largest absolute Gasteiger partial charge is 0.393 e. The number of aliphatic hydroxyl groups is 1. The molecular formula is C32H56N2O. The zero-order valence-electron chi connectivity index (χ0n) is 24.0. The molecule has 200 valence electrons. The van der Waals surface area contributed by atoms with E-state index < -0.39 is 0 Å². The lowest BCUT2D eigenvalue weighted by Gasteiger charge is -2.62. The third-order valence-corrected chi connectivity index (χ3v) is 13.0. The monoisotopic (exact) mass is 484 g/mol. The molecule has 3 fully saturated rings. The fourth-order valence-corrected chi connectivity index (χ4v) is 10.5. The Labute approximate surface area is 216 Å². The van der Waals surface area contributed by atoms with E-state index in [1.807, 2.05) is 11.1 Å². The van der Waals surface area contributed by atoms with Gasteiger partial charge in [0.05, 0.1) is 6.10 Å². The van der Waals surface area contributed by atoms with Crippen LogP contribution in [0.5, 0.6) is 0 Å². The molecule has 1 heterocycles. The number of hydrogen-bond acceptors (Lipinski definition) is 3. The number of aliphatic hydroxyl groups excluding tert-OH is 1. The molecule has 4 aliphatic carbocycles. The van der Waals surface area contributed by atoms with E-state index >= 15 is 0 Å². The van der Waals surface area contributed by atoms with Gasteiger partial charge in [0.15, 0.2) is 0 Å². The number of piperidine rings is 1.